The fourth-order valence-corrected chi connectivity index (χ4v) is 12.1. The SMILES string of the molecule is CC(=O)N1CCC(n2nnc3c(F)cc(/C=C(\C)[C@H]4OC(=O)C[C@H](O)CC[C@H](C)[C@@H](OC(=O)N5CC[N+](C)(Cc6ccc(NC(=O)[C@H](C)NC(=O)[C@@H](NC(=O)OCC7c8ccccc8-c8ccccc87)C(C)C)cc6)CC5)/C=C/[C@@H]4C)cc32)CC1. The van der Waals surface area contributed by atoms with Crippen LogP contribution in [0.2, 0.25) is 0 Å². The Bertz CT molecular complexity index is 3270. The number of nitrogens with one attached hydrogen (secondary N) is 3. The maximum absolute atomic E-state index is 15.6. The summed E-state index contributed by atoms with van der Waals surface area (Å²) in [6, 6.07) is 24.9. The number of anilines is 1. The maximum atomic E-state index is 15.6. The second kappa shape index (κ2) is 26.9. The summed E-state index contributed by atoms with van der Waals surface area (Å²) in [5, 5.41) is 27.8. The third-order valence-corrected chi connectivity index (χ3v) is 17.3. The number of alkyl carbamates (subject to hydrolysis) is 1. The van der Waals surface area contributed by atoms with E-state index in [9.17, 15) is 33.9 Å². The minimum Gasteiger partial charge on any atom is -0.457 e. The number of halogens is 1. The Balaban J connectivity index is 0.757. The fraction of sp³-hybridized carbons (Fsp3) is 0.477. The van der Waals surface area contributed by atoms with Gasteiger partial charge in [-0.3, -0.25) is 24.1 Å². The molecule has 20 heteroatoms. The van der Waals surface area contributed by atoms with Crippen LogP contribution in [0.4, 0.5) is 19.7 Å². The number of benzene rings is 4. The Hall–Kier alpha value is -7.97. The number of carbonyl (C=O) groups excluding carboxylic acids is 6. The highest BCUT2D eigenvalue weighted by Gasteiger charge is 2.36. The number of piperidine rings is 1. The van der Waals surface area contributed by atoms with E-state index in [1.165, 1.54) is 6.07 Å². The van der Waals surface area contributed by atoms with Gasteiger partial charge in [-0.15, -0.1) is 5.10 Å². The lowest BCUT2D eigenvalue weighted by Crippen LogP contribution is -2.58. The molecule has 0 unspecified atom stereocenters. The third-order valence-electron chi connectivity index (χ3n) is 17.3. The van der Waals surface area contributed by atoms with E-state index in [0.717, 1.165) is 27.8 Å². The number of amides is 5. The van der Waals surface area contributed by atoms with Crippen LogP contribution in [0.25, 0.3) is 28.2 Å². The molecule has 5 amide bonds. The van der Waals surface area contributed by atoms with Gasteiger partial charge in [0.2, 0.25) is 17.7 Å². The lowest BCUT2D eigenvalue weighted by Gasteiger charge is -2.42. The molecule has 85 heavy (non-hydrogen) atoms. The molecule has 0 spiro atoms. The first-order valence-corrected chi connectivity index (χ1v) is 29.8. The van der Waals surface area contributed by atoms with Crippen molar-refractivity contribution in [3.8, 4) is 11.1 Å². The number of carbonyl (C=O) groups is 6. The number of quaternary nitrogens is 1. The first-order chi connectivity index (χ1) is 40.6. The summed E-state index contributed by atoms with van der Waals surface area (Å²) in [5.74, 6) is -3.06. The zero-order valence-electron chi connectivity index (χ0n) is 50.0. The van der Waals surface area contributed by atoms with Crippen molar-refractivity contribution >= 4 is 58.7 Å². The smallest absolute Gasteiger partial charge is 0.410 e. The summed E-state index contributed by atoms with van der Waals surface area (Å²) >= 11 is 0. The maximum Gasteiger partial charge on any atom is 0.410 e. The van der Waals surface area contributed by atoms with Gasteiger partial charge in [0.25, 0.3) is 0 Å². The van der Waals surface area contributed by atoms with E-state index in [1.807, 2.05) is 114 Å². The number of likely N-dealkylation sites (tertiary alicyclic amines) is 1. The molecule has 4 heterocycles. The van der Waals surface area contributed by atoms with Crippen molar-refractivity contribution < 1.29 is 57.0 Å². The number of piperazine rings is 1. The number of nitrogens with zero attached hydrogens (tertiary/aromatic N) is 6. The molecule has 7 atom stereocenters. The van der Waals surface area contributed by atoms with Gasteiger partial charge >= 0.3 is 18.2 Å². The standard InChI is InChI=1S/C65H80FN9O10/c1-39(2)59(69-64(81)83-38-54-52-15-11-9-13-50(52)51-14-10-12-16-53(51)54)63(80)67-43(6)62(79)68-47-21-19-45(20-22-47)37-75(8)31-29-73(30-32-75)65(82)84-57-24-18-41(4)61(85-58(78)36-49(77)23-17-40(57)3)42(5)33-46-34-55(66)60-56(35-46)74(71-70-60)48-25-27-72(28-26-48)44(7)76/h9-16,18-22,24,33-35,39-41,43,48-49,54,57,59,61,77H,17,23,25-32,36-38H2,1-8H3,(H2-,67,68,69,79,80,81)/p+1/b24-18+,42-33+/t40-,41-,43-,49+,57-,59-,61-/m0/s1. The zero-order chi connectivity index (χ0) is 60.7. The van der Waals surface area contributed by atoms with E-state index < -0.39 is 72.1 Å². The van der Waals surface area contributed by atoms with Crippen LogP contribution in [-0.2, 0) is 39.9 Å². The largest absolute Gasteiger partial charge is 0.457 e. The number of aromatic nitrogens is 3. The molecule has 4 N–H and O–H groups in total. The summed E-state index contributed by atoms with van der Waals surface area (Å²) in [4.78, 5) is 82.7. The summed E-state index contributed by atoms with van der Waals surface area (Å²) < 4.78 is 36.0. The van der Waals surface area contributed by atoms with Gasteiger partial charge in [0.1, 0.15) is 43.0 Å². The normalized spacial score (nSPS) is 22.4. The van der Waals surface area contributed by atoms with Crippen LogP contribution in [0, 0.1) is 23.6 Å². The van der Waals surface area contributed by atoms with E-state index in [2.05, 4.69) is 45.4 Å². The summed E-state index contributed by atoms with van der Waals surface area (Å²) in [6.07, 6.45) is 3.79. The van der Waals surface area contributed by atoms with Crippen molar-refractivity contribution in [3.63, 3.8) is 0 Å². The Labute approximate surface area is 496 Å². The molecule has 0 saturated carbocycles. The van der Waals surface area contributed by atoms with Gasteiger partial charge in [-0.2, -0.15) is 0 Å². The number of aliphatic hydroxyl groups is 1. The molecule has 1 aliphatic carbocycles. The first-order valence-electron chi connectivity index (χ1n) is 29.8. The lowest BCUT2D eigenvalue weighted by molar-refractivity contribution is -0.926. The van der Waals surface area contributed by atoms with Crippen molar-refractivity contribution in [2.75, 3.05) is 58.2 Å². The van der Waals surface area contributed by atoms with Crippen molar-refractivity contribution in [2.45, 2.75) is 129 Å². The predicted molar refractivity (Wildman–Crippen MR) is 320 cm³/mol. The van der Waals surface area contributed by atoms with Crippen molar-refractivity contribution in [3.05, 3.63) is 131 Å². The van der Waals surface area contributed by atoms with Crippen LogP contribution < -0.4 is 16.0 Å². The van der Waals surface area contributed by atoms with Crippen molar-refractivity contribution in [1.29, 1.82) is 0 Å². The van der Waals surface area contributed by atoms with Gasteiger partial charge in [0.05, 0.1) is 57.3 Å². The van der Waals surface area contributed by atoms with Crippen LogP contribution in [0.15, 0.2) is 103 Å². The van der Waals surface area contributed by atoms with Crippen LogP contribution in [0.5, 0.6) is 0 Å². The average molecular weight is 1170 g/mol. The predicted octanol–water partition coefficient (Wildman–Crippen LogP) is 8.92. The molecule has 9 rings (SSSR count). The Kier molecular flexibility index (Phi) is 19.5. The number of esters is 1. The molecule has 3 aliphatic heterocycles. The Morgan fingerprint density at radius 1 is 0.835 bits per heavy atom. The number of cyclic esters (lactones) is 1. The van der Waals surface area contributed by atoms with Gasteiger partial charge in [0, 0.05) is 43.1 Å². The minimum absolute atomic E-state index is 0.0148. The average Bonchev–Trinajstić information content (AvgIpc) is 3.22. The number of likely N-dealkylation sites (N-methyl/N-ethyl adjacent to an activating group) is 1. The minimum atomic E-state index is -0.975. The second-order valence-corrected chi connectivity index (χ2v) is 24.3. The van der Waals surface area contributed by atoms with E-state index in [1.54, 1.807) is 34.4 Å². The van der Waals surface area contributed by atoms with E-state index in [4.69, 9.17) is 14.2 Å². The number of rotatable bonds is 14. The summed E-state index contributed by atoms with van der Waals surface area (Å²) in [5.41, 5.74) is 7.80. The highest BCUT2D eigenvalue weighted by atomic mass is 19.1. The van der Waals surface area contributed by atoms with Crippen LogP contribution in [0.3, 0.4) is 0 Å². The monoisotopic (exact) mass is 1170 g/mol. The molecule has 452 valence electrons. The molecule has 0 bridgehead atoms. The number of ether oxygens (including phenoxy) is 3. The summed E-state index contributed by atoms with van der Waals surface area (Å²) in [6.45, 7) is 16.6. The molecule has 1 aromatic heterocycles. The van der Waals surface area contributed by atoms with Gasteiger partial charge in [0.15, 0.2) is 5.82 Å². The highest BCUT2D eigenvalue weighted by Crippen LogP contribution is 2.44. The molecule has 5 aromatic rings. The van der Waals surface area contributed by atoms with E-state index in [0.29, 0.717) is 91.9 Å². The molecule has 19 nitrogen and oxygen atoms in total. The molecule has 4 aliphatic rings. The Morgan fingerprint density at radius 2 is 1.49 bits per heavy atom. The number of hydrogen-bond donors (Lipinski definition) is 4. The van der Waals surface area contributed by atoms with E-state index in [-0.39, 0.29) is 54.7 Å². The zero-order valence-corrected chi connectivity index (χ0v) is 50.0. The van der Waals surface area contributed by atoms with Crippen LogP contribution in [0.1, 0.15) is 115 Å². The van der Waals surface area contributed by atoms with Gasteiger partial charge < -0.3 is 44.7 Å². The second-order valence-electron chi connectivity index (χ2n) is 24.3. The molecule has 0 radical (unpaired) electrons. The van der Waals surface area contributed by atoms with Crippen LogP contribution in [-0.4, -0.2) is 154 Å². The molecular weight excluding hydrogens is 1090 g/mol. The molecule has 2 fully saturated rings. The third kappa shape index (κ3) is 14.9. The van der Waals surface area contributed by atoms with Gasteiger partial charge in [-0.25, -0.2) is 18.7 Å². The van der Waals surface area contributed by atoms with E-state index >= 15 is 4.39 Å². The number of hydrogen-bond acceptors (Lipinski definition) is 12. The first kappa shape index (κ1) is 61.6. The van der Waals surface area contributed by atoms with Gasteiger partial charge in [-0.1, -0.05) is 106 Å². The molecular formula is C65H81FN9O10+. The van der Waals surface area contributed by atoms with Crippen molar-refractivity contribution in [1.82, 2.24) is 35.4 Å². The highest BCUT2D eigenvalue weighted by molar-refractivity contribution is 5.98. The Morgan fingerprint density at radius 3 is 2.14 bits per heavy atom. The molecule has 2 saturated heterocycles. The molecule has 4 aromatic carbocycles. The summed E-state index contributed by atoms with van der Waals surface area (Å²) in [7, 11) is 2.14. The quantitative estimate of drug-likeness (QED) is 0.0354. The van der Waals surface area contributed by atoms with Gasteiger partial charge in [-0.05, 0) is 115 Å². The van der Waals surface area contributed by atoms with Crippen molar-refractivity contribution in [2.24, 2.45) is 17.8 Å². The number of fused-ring (bicyclic) bond motifs is 4. The topological polar surface area (TPSA) is 224 Å². The van der Waals surface area contributed by atoms with Crippen LogP contribution >= 0.6 is 0 Å². The lowest BCUT2D eigenvalue weighted by atomic mass is 9.91. The number of aliphatic hydroxyl groups excluding tert-OH is 1. The fourth-order valence-electron chi connectivity index (χ4n) is 12.1.